The zero-order chi connectivity index (χ0) is 21.5. The second-order valence-corrected chi connectivity index (χ2v) is 9.09. The van der Waals surface area contributed by atoms with Gasteiger partial charge in [0.1, 0.15) is 5.65 Å². The van der Waals surface area contributed by atoms with Gasteiger partial charge in [0.25, 0.3) is 5.91 Å². The van der Waals surface area contributed by atoms with Crippen LogP contribution in [0.2, 0.25) is 0 Å². The number of nitrogens with one attached hydrogen (secondary N) is 1. The van der Waals surface area contributed by atoms with Gasteiger partial charge < -0.3 is 9.72 Å². The van der Waals surface area contributed by atoms with E-state index >= 15 is 0 Å². The molecule has 5 heterocycles. The molecule has 1 saturated heterocycles. The predicted octanol–water partition coefficient (Wildman–Crippen LogP) is 4.54. The number of aryl methyl sites for hydroxylation is 2. The molecule has 5 rings (SSSR count). The highest BCUT2D eigenvalue weighted by molar-refractivity contribution is 5.98. The van der Waals surface area contributed by atoms with E-state index in [1.54, 1.807) is 0 Å². The second kappa shape index (κ2) is 7.97. The molecule has 2 aromatic heterocycles. The Morgan fingerprint density at radius 1 is 1.13 bits per heavy atom. The predicted molar refractivity (Wildman–Crippen MR) is 124 cm³/mol. The van der Waals surface area contributed by atoms with Crippen LogP contribution in [-0.2, 0) is 4.79 Å². The number of pyridine rings is 1. The number of carbonyl (C=O) groups excluding carboxylic acids is 1. The number of carbonyl (C=O) groups is 1. The quantitative estimate of drug-likeness (QED) is 0.785. The molecule has 3 aliphatic rings. The third-order valence-electron chi connectivity index (χ3n) is 6.73. The van der Waals surface area contributed by atoms with Crippen molar-refractivity contribution in [2.24, 2.45) is 11.8 Å². The van der Waals surface area contributed by atoms with E-state index in [1.165, 1.54) is 5.57 Å². The van der Waals surface area contributed by atoms with E-state index in [0.29, 0.717) is 5.92 Å². The summed E-state index contributed by atoms with van der Waals surface area (Å²) in [5.41, 5.74) is 7.53. The molecule has 0 saturated carbocycles. The number of aromatic nitrogens is 2. The largest absolute Gasteiger partial charge is 0.317 e. The first-order valence-corrected chi connectivity index (χ1v) is 11.3. The Kier molecular flexibility index (Phi) is 5.14. The van der Waals surface area contributed by atoms with E-state index in [4.69, 9.17) is 0 Å². The molecule has 160 valence electrons. The lowest BCUT2D eigenvalue weighted by molar-refractivity contribution is -0.122. The van der Waals surface area contributed by atoms with Gasteiger partial charge in [-0.25, -0.2) is 4.98 Å². The number of imidazole rings is 1. The molecule has 3 aliphatic heterocycles. The Morgan fingerprint density at radius 3 is 2.74 bits per heavy atom. The van der Waals surface area contributed by atoms with Crippen molar-refractivity contribution in [2.45, 2.75) is 40.0 Å². The molecule has 0 aromatic carbocycles. The molecule has 1 unspecified atom stereocenters. The minimum absolute atomic E-state index is 0.0307. The van der Waals surface area contributed by atoms with Gasteiger partial charge in [0.15, 0.2) is 0 Å². The summed E-state index contributed by atoms with van der Waals surface area (Å²) in [6.07, 6.45) is 17.7. The van der Waals surface area contributed by atoms with E-state index in [-0.39, 0.29) is 11.8 Å². The van der Waals surface area contributed by atoms with Crippen molar-refractivity contribution in [2.75, 3.05) is 13.1 Å². The van der Waals surface area contributed by atoms with E-state index in [2.05, 4.69) is 65.2 Å². The SMILES string of the molecule is Cc1cn2cc(C3=CC(=O)N4C=C(C5CCNCC5)C=CC4=CCC3C)cc(C)c2n1. The Bertz CT molecular complexity index is 1160. The summed E-state index contributed by atoms with van der Waals surface area (Å²) < 4.78 is 2.08. The van der Waals surface area contributed by atoms with Gasteiger partial charge in [-0.2, -0.15) is 0 Å². The number of rotatable bonds is 2. The minimum atomic E-state index is 0.0307. The lowest BCUT2D eigenvalue weighted by Crippen LogP contribution is -2.31. The first-order chi connectivity index (χ1) is 15.0. The summed E-state index contributed by atoms with van der Waals surface area (Å²) in [5, 5.41) is 3.43. The first kappa shape index (κ1) is 20.0. The standard InChI is InChI=1S/C26H30N4O/c1-17-4-6-23-7-5-21(20-8-10-27-11-9-20)16-30(23)25(31)13-24(17)22-12-18(2)26-28-19(3)14-29(26)15-22/h5-7,12-17,20,27H,4,8-11H2,1-3H3. The second-order valence-electron chi connectivity index (χ2n) is 9.09. The number of allylic oxidation sites excluding steroid dienone is 5. The van der Waals surface area contributed by atoms with Crippen LogP contribution >= 0.6 is 0 Å². The fourth-order valence-corrected chi connectivity index (χ4v) is 4.97. The van der Waals surface area contributed by atoms with Crippen LogP contribution in [0, 0.1) is 25.7 Å². The van der Waals surface area contributed by atoms with Crippen molar-refractivity contribution in [3.63, 3.8) is 0 Å². The number of hydrogen-bond acceptors (Lipinski definition) is 3. The Hall–Kier alpha value is -2.92. The van der Waals surface area contributed by atoms with Crippen molar-refractivity contribution >= 4 is 17.1 Å². The van der Waals surface area contributed by atoms with Crippen molar-refractivity contribution in [1.82, 2.24) is 19.6 Å². The van der Waals surface area contributed by atoms with E-state index < -0.39 is 0 Å². The summed E-state index contributed by atoms with van der Waals surface area (Å²) in [7, 11) is 0. The molecule has 0 spiro atoms. The zero-order valence-electron chi connectivity index (χ0n) is 18.6. The van der Waals surface area contributed by atoms with Crippen LogP contribution in [0.3, 0.4) is 0 Å². The highest BCUT2D eigenvalue weighted by atomic mass is 16.2. The van der Waals surface area contributed by atoms with Gasteiger partial charge in [0.2, 0.25) is 0 Å². The molecular formula is C26H30N4O. The Balaban J connectivity index is 1.51. The topological polar surface area (TPSA) is 49.6 Å². The van der Waals surface area contributed by atoms with Crippen LogP contribution in [0.15, 0.2) is 60.2 Å². The smallest absolute Gasteiger partial charge is 0.255 e. The van der Waals surface area contributed by atoms with Gasteiger partial charge in [0.05, 0.1) is 5.69 Å². The maximum atomic E-state index is 13.4. The highest BCUT2D eigenvalue weighted by Gasteiger charge is 2.25. The molecule has 5 nitrogen and oxygen atoms in total. The average molecular weight is 415 g/mol. The van der Waals surface area contributed by atoms with Crippen molar-refractivity contribution in [1.29, 1.82) is 0 Å². The highest BCUT2D eigenvalue weighted by Crippen LogP contribution is 2.34. The minimum Gasteiger partial charge on any atom is -0.317 e. The fraction of sp³-hybridized carbons (Fsp3) is 0.385. The van der Waals surface area contributed by atoms with Crippen molar-refractivity contribution in [3.8, 4) is 0 Å². The van der Waals surface area contributed by atoms with Crippen LogP contribution < -0.4 is 5.32 Å². The molecule has 2 aromatic rings. The van der Waals surface area contributed by atoms with Crippen LogP contribution in [0.5, 0.6) is 0 Å². The van der Waals surface area contributed by atoms with Gasteiger partial charge in [-0.05, 0) is 92.5 Å². The summed E-state index contributed by atoms with van der Waals surface area (Å²) in [5.74, 6) is 0.806. The molecule has 1 atom stereocenters. The van der Waals surface area contributed by atoms with Crippen LogP contribution in [0.4, 0.5) is 0 Å². The molecule has 0 bridgehead atoms. The Morgan fingerprint density at radius 2 is 1.94 bits per heavy atom. The lowest BCUT2D eigenvalue weighted by Gasteiger charge is -2.31. The zero-order valence-corrected chi connectivity index (χ0v) is 18.6. The van der Waals surface area contributed by atoms with Gasteiger partial charge in [0, 0.05) is 30.4 Å². The van der Waals surface area contributed by atoms with Crippen molar-refractivity contribution < 1.29 is 4.79 Å². The number of hydrogen-bond donors (Lipinski definition) is 1. The van der Waals surface area contributed by atoms with E-state index in [9.17, 15) is 4.79 Å². The number of nitrogens with zero attached hydrogens (tertiary/aromatic N) is 3. The third kappa shape index (κ3) is 3.79. The molecular weight excluding hydrogens is 384 g/mol. The summed E-state index contributed by atoms with van der Waals surface area (Å²) >= 11 is 0. The van der Waals surface area contributed by atoms with Crippen LogP contribution in [0.1, 0.15) is 43.0 Å². The van der Waals surface area contributed by atoms with E-state index in [0.717, 1.165) is 66.1 Å². The number of amides is 1. The maximum absolute atomic E-state index is 13.4. The molecule has 0 radical (unpaired) electrons. The number of fused-ring (bicyclic) bond motifs is 2. The molecule has 1 N–H and O–H groups in total. The van der Waals surface area contributed by atoms with Crippen LogP contribution in [0.25, 0.3) is 11.2 Å². The lowest BCUT2D eigenvalue weighted by atomic mass is 9.87. The Labute approximate surface area is 183 Å². The van der Waals surface area contributed by atoms with Gasteiger partial charge >= 0.3 is 0 Å². The first-order valence-electron chi connectivity index (χ1n) is 11.3. The summed E-state index contributed by atoms with van der Waals surface area (Å²) in [6.45, 7) is 8.39. The molecule has 1 amide bonds. The molecule has 5 heteroatoms. The average Bonchev–Trinajstić information content (AvgIpc) is 3.16. The van der Waals surface area contributed by atoms with E-state index in [1.807, 2.05) is 24.1 Å². The molecule has 31 heavy (non-hydrogen) atoms. The summed E-state index contributed by atoms with van der Waals surface area (Å²) in [4.78, 5) is 19.9. The fourth-order valence-electron chi connectivity index (χ4n) is 4.97. The van der Waals surface area contributed by atoms with Crippen molar-refractivity contribution in [3.05, 3.63) is 77.1 Å². The van der Waals surface area contributed by atoms with Gasteiger partial charge in [-0.15, -0.1) is 0 Å². The molecule has 0 aliphatic carbocycles. The van der Waals surface area contributed by atoms with Crippen LogP contribution in [-0.4, -0.2) is 33.3 Å². The van der Waals surface area contributed by atoms with Gasteiger partial charge in [-0.3, -0.25) is 9.69 Å². The third-order valence-corrected chi connectivity index (χ3v) is 6.73. The van der Waals surface area contributed by atoms with Gasteiger partial charge in [-0.1, -0.05) is 19.1 Å². The monoisotopic (exact) mass is 414 g/mol. The summed E-state index contributed by atoms with van der Waals surface area (Å²) in [6, 6.07) is 2.16. The number of piperidine rings is 1. The molecule has 1 fully saturated rings. The normalized spacial score (nSPS) is 22.5. The maximum Gasteiger partial charge on any atom is 0.255 e.